The zero-order valence-electron chi connectivity index (χ0n) is 14.9. The standard InChI is InChI=1S/C18H21N5O3S/c1-27(24,25)14-4-2-13(3-5-14)17-16-10-22(12-26-9-7-19)18-15(6-8-20-18)23(16)11-21-17/h2-6,8,10,20H,7,9,11-12,19H2,1H3. The molecule has 0 atom stereocenters. The topological polar surface area (TPSA) is 104 Å². The van der Waals surface area contributed by atoms with Crippen molar-refractivity contribution in [2.45, 2.75) is 4.90 Å². The number of rotatable bonds is 6. The van der Waals surface area contributed by atoms with Gasteiger partial charge in [0.25, 0.3) is 0 Å². The molecule has 0 bridgehead atoms. The molecule has 4 rings (SSSR count). The Morgan fingerprint density at radius 3 is 2.74 bits per heavy atom. The van der Waals surface area contributed by atoms with Crippen molar-refractivity contribution in [3.63, 3.8) is 0 Å². The normalized spacial score (nSPS) is 16.1. The fourth-order valence-corrected chi connectivity index (χ4v) is 3.85. The number of nitrogens with one attached hydrogen (secondary N) is 1. The van der Waals surface area contributed by atoms with Crippen LogP contribution in [-0.4, -0.2) is 51.9 Å². The number of hydrogen-bond donors (Lipinski definition) is 2. The molecule has 1 aromatic heterocycles. The summed E-state index contributed by atoms with van der Waals surface area (Å²) in [6.07, 6.45) is 5.08. The van der Waals surface area contributed by atoms with Gasteiger partial charge in [0.15, 0.2) is 9.84 Å². The molecule has 2 aromatic rings. The van der Waals surface area contributed by atoms with E-state index in [9.17, 15) is 8.42 Å². The van der Waals surface area contributed by atoms with Gasteiger partial charge in [-0.1, -0.05) is 12.1 Å². The van der Waals surface area contributed by atoms with E-state index < -0.39 is 9.84 Å². The third-order valence-electron chi connectivity index (χ3n) is 4.51. The fraction of sp³-hybridized carbons (Fsp3) is 0.278. The number of aliphatic imine (C=N–C) groups is 1. The van der Waals surface area contributed by atoms with Gasteiger partial charge in [-0.25, -0.2) is 8.42 Å². The monoisotopic (exact) mass is 387 g/mol. The van der Waals surface area contributed by atoms with Crippen LogP contribution in [0.25, 0.3) is 0 Å². The second-order valence-corrected chi connectivity index (χ2v) is 8.41. The number of fused-ring (bicyclic) bond motifs is 3. The Balaban J connectivity index is 1.65. The Morgan fingerprint density at radius 2 is 2.04 bits per heavy atom. The lowest BCUT2D eigenvalue weighted by Crippen LogP contribution is -2.33. The molecule has 0 amide bonds. The summed E-state index contributed by atoms with van der Waals surface area (Å²) in [6, 6.07) is 8.82. The highest BCUT2D eigenvalue weighted by Crippen LogP contribution is 2.38. The van der Waals surface area contributed by atoms with E-state index in [4.69, 9.17) is 10.5 Å². The van der Waals surface area contributed by atoms with E-state index in [-0.39, 0.29) is 0 Å². The van der Waals surface area contributed by atoms with Gasteiger partial charge in [0.05, 0.1) is 28.6 Å². The summed E-state index contributed by atoms with van der Waals surface area (Å²) in [7, 11) is -3.22. The first kappa shape index (κ1) is 17.8. The molecular formula is C18H21N5O3S. The number of allylic oxidation sites excluding steroid dienone is 1. The average molecular weight is 387 g/mol. The van der Waals surface area contributed by atoms with Crippen molar-refractivity contribution in [1.29, 1.82) is 0 Å². The van der Waals surface area contributed by atoms with Crippen LogP contribution in [-0.2, 0) is 14.6 Å². The van der Waals surface area contributed by atoms with Gasteiger partial charge in [-0.3, -0.25) is 4.99 Å². The summed E-state index contributed by atoms with van der Waals surface area (Å²) in [5, 5.41) is 0. The van der Waals surface area contributed by atoms with Crippen LogP contribution < -0.4 is 15.5 Å². The Bertz CT molecular complexity index is 1010. The number of nitrogens with two attached hydrogens (primary N) is 1. The maximum atomic E-state index is 11.7. The summed E-state index contributed by atoms with van der Waals surface area (Å²) >= 11 is 0. The molecule has 0 spiro atoms. The van der Waals surface area contributed by atoms with Crippen LogP contribution in [0, 0.1) is 0 Å². The molecule has 0 saturated carbocycles. The van der Waals surface area contributed by atoms with Gasteiger partial charge in [0, 0.05) is 30.8 Å². The molecule has 0 fully saturated rings. The zero-order chi connectivity index (χ0) is 19.0. The van der Waals surface area contributed by atoms with Crippen molar-refractivity contribution in [1.82, 2.24) is 4.98 Å². The molecule has 142 valence electrons. The molecule has 3 N–H and O–H groups in total. The molecule has 2 aliphatic heterocycles. The highest BCUT2D eigenvalue weighted by Gasteiger charge is 2.32. The van der Waals surface area contributed by atoms with E-state index in [0.717, 1.165) is 28.5 Å². The number of hydrogen-bond acceptors (Lipinski definition) is 7. The van der Waals surface area contributed by atoms with Crippen molar-refractivity contribution in [2.24, 2.45) is 10.7 Å². The van der Waals surface area contributed by atoms with Crippen LogP contribution in [0.3, 0.4) is 0 Å². The third kappa shape index (κ3) is 3.25. The molecule has 2 aliphatic rings. The Labute approximate surface area is 157 Å². The van der Waals surface area contributed by atoms with Crippen LogP contribution in [0.1, 0.15) is 5.56 Å². The minimum atomic E-state index is -3.22. The highest BCUT2D eigenvalue weighted by molar-refractivity contribution is 7.90. The predicted molar refractivity (Wildman–Crippen MR) is 105 cm³/mol. The van der Waals surface area contributed by atoms with Crippen LogP contribution in [0.4, 0.5) is 11.5 Å². The molecule has 8 nitrogen and oxygen atoms in total. The number of aromatic amines is 1. The number of anilines is 2. The number of sulfone groups is 1. The first-order chi connectivity index (χ1) is 13.0. The van der Waals surface area contributed by atoms with E-state index in [1.54, 1.807) is 24.3 Å². The third-order valence-corrected chi connectivity index (χ3v) is 5.64. The quantitative estimate of drug-likeness (QED) is 0.724. The number of H-pyrrole nitrogens is 1. The van der Waals surface area contributed by atoms with Crippen molar-refractivity contribution in [3.8, 4) is 0 Å². The van der Waals surface area contributed by atoms with Gasteiger partial charge in [-0.05, 0) is 18.2 Å². The molecular weight excluding hydrogens is 366 g/mol. The maximum absolute atomic E-state index is 11.7. The second-order valence-electron chi connectivity index (χ2n) is 6.39. The van der Waals surface area contributed by atoms with Crippen molar-refractivity contribution < 1.29 is 13.2 Å². The number of ether oxygens (including phenoxy) is 1. The molecule has 0 saturated heterocycles. The van der Waals surface area contributed by atoms with Gasteiger partial charge in [0.1, 0.15) is 19.2 Å². The van der Waals surface area contributed by atoms with Gasteiger partial charge in [-0.15, -0.1) is 0 Å². The zero-order valence-corrected chi connectivity index (χ0v) is 15.7. The Morgan fingerprint density at radius 1 is 1.26 bits per heavy atom. The van der Waals surface area contributed by atoms with E-state index in [1.807, 2.05) is 23.4 Å². The fourth-order valence-electron chi connectivity index (χ4n) is 3.22. The smallest absolute Gasteiger partial charge is 0.175 e. The lowest BCUT2D eigenvalue weighted by molar-refractivity contribution is 0.146. The molecule has 0 aliphatic carbocycles. The molecule has 9 heteroatoms. The van der Waals surface area contributed by atoms with Crippen LogP contribution in [0.15, 0.2) is 58.3 Å². The second kappa shape index (κ2) is 6.84. The number of aromatic nitrogens is 1. The van der Waals surface area contributed by atoms with Crippen molar-refractivity contribution >= 4 is 27.1 Å². The SMILES string of the molecule is CS(=O)(=O)c1ccc(C2=NCN3C2=CN(COCCN)c2[nH]ccc23)cc1. The summed E-state index contributed by atoms with van der Waals surface area (Å²) in [4.78, 5) is 12.3. The van der Waals surface area contributed by atoms with Crippen LogP contribution in [0.5, 0.6) is 0 Å². The highest BCUT2D eigenvalue weighted by atomic mass is 32.2. The minimum absolute atomic E-state index is 0.295. The van der Waals surface area contributed by atoms with Crippen molar-refractivity contribution in [3.05, 3.63) is 54.0 Å². The number of nitrogens with zero attached hydrogens (tertiary/aromatic N) is 3. The summed E-state index contributed by atoms with van der Waals surface area (Å²) in [5.41, 5.74) is 9.18. The van der Waals surface area contributed by atoms with Gasteiger partial charge in [0.2, 0.25) is 0 Å². The van der Waals surface area contributed by atoms with E-state index in [2.05, 4.69) is 14.9 Å². The molecule has 27 heavy (non-hydrogen) atoms. The molecule has 0 unspecified atom stereocenters. The maximum Gasteiger partial charge on any atom is 0.175 e. The number of benzene rings is 1. The van der Waals surface area contributed by atoms with Crippen LogP contribution >= 0.6 is 0 Å². The lowest BCUT2D eigenvalue weighted by atomic mass is 10.1. The van der Waals surface area contributed by atoms with Gasteiger partial charge >= 0.3 is 0 Å². The molecule has 0 radical (unpaired) electrons. The summed E-state index contributed by atoms with van der Waals surface area (Å²) in [5.74, 6) is 0.944. The average Bonchev–Trinajstić information content (AvgIpc) is 3.28. The first-order valence-electron chi connectivity index (χ1n) is 8.55. The van der Waals surface area contributed by atoms with Gasteiger partial charge < -0.3 is 25.3 Å². The predicted octanol–water partition coefficient (Wildman–Crippen LogP) is 1.28. The summed E-state index contributed by atoms with van der Waals surface area (Å²) < 4.78 is 29.0. The molecule has 1 aromatic carbocycles. The van der Waals surface area contributed by atoms with Gasteiger partial charge in [-0.2, -0.15) is 0 Å². The largest absolute Gasteiger partial charge is 0.359 e. The minimum Gasteiger partial charge on any atom is -0.359 e. The van der Waals surface area contributed by atoms with Crippen LogP contribution in [0.2, 0.25) is 0 Å². The van der Waals surface area contributed by atoms with Crippen molar-refractivity contribution in [2.75, 3.05) is 42.6 Å². The van der Waals surface area contributed by atoms with E-state index >= 15 is 0 Å². The Kier molecular flexibility index (Phi) is 4.50. The van der Waals surface area contributed by atoms with E-state index in [1.165, 1.54) is 6.26 Å². The molecule has 3 heterocycles. The lowest BCUT2D eigenvalue weighted by Gasteiger charge is -2.31. The van der Waals surface area contributed by atoms with E-state index in [0.29, 0.717) is 31.4 Å². The Hall–Kier alpha value is -2.62. The first-order valence-corrected chi connectivity index (χ1v) is 10.4. The summed E-state index contributed by atoms with van der Waals surface area (Å²) in [6.45, 7) is 1.83.